The Morgan fingerprint density at radius 1 is 1.25 bits per heavy atom. The zero-order valence-corrected chi connectivity index (χ0v) is 12.9. The number of halogens is 2. The summed E-state index contributed by atoms with van der Waals surface area (Å²) in [6.45, 7) is 2.56. The Labute approximate surface area is 128 Å². The Morgan fingerprint density at radius 3 is 2.25 bits per heavy atom. The van der Waals surface area contributed by atoms with Gasteiger partial charge in [-0.1, -0.05) is 28.4 Å². The van der Waals surface area contributed by atoms with Crippen molar-refractivity contribution in [1.29, 1.82) is 0 Å². The van der Waals surface area contributed by atoms with Crippen LogP contribution in [0.1, 0.15) is 5.56 Å². The average Bonchev–Trinajstić information content (AvgIpc) is 2.39. The van der Waals surface area contributed by atoms with Crippen LogP contribution in [-0.4, -0.2) is 56.3 Å². The highest BCUT2D eigenvalue weighted by Gasteiger charge is 2.20. The molecule has 1 heterocycles. The van der Waals surface area contributed by atoms with E-state index < -0.39 is 0 Å². The summed E-state index contributed by atoms with van der Waals surface area (Å²) in [5, 5.41) is 13.7. The van der Waals surface area contributed by atoms with Crippen LogP contribution in [0.2, 0.25) is 10.0 Å². The summed E-state index contributed by atoms with van der Waals surface area (Å²) in [4.78, 5) is 3.79. The van der Waals surface area contributed by atoms with E-state index in [0.717, 1.165) is 5.69 Å². The molecule has 0 aromatic heterocycles. The van der Waals surface area contributed by atoms with Gasteiger partial charge in [-0.2, -0.15) is 0 Å². The molecular formula is C13H17Cl2N3O2. The third kappa shape index (κ3) is 3.11. The third-order valence-electron chi connectivity index (χ3n) is 3.13. The molecule has 1 N–H and O–H groups in total. The van der Waals surface area contributed by atoms with E-state index in [2.05, 4.69) is 5.16 Å². The normalized spacial score (nSPS) is 16.4. The Bertz CT molecular complexity index is 491. The maximum absolute atomic E-state index is 9.30. The van der Waals surface area contributed by atoms with Crippen molar-refractivity contribution in [2.24, 2.45) is 5.16 Å². The molecule has 0 unspecified atom stereocenters. The second-order valence-electron chi connectivity index (χ2n) is 4.71. The number of anilines is 1. The molecule has 0 saturated carbocycles. The SMILES string of the molecule is CN(C)c1c(Cl)cc(C(=NO)N2CCOCC2)cc1Cl. The summed E-state index contributed by atoms with van der Waals surface area (Å²) in [6, 6.07) is 3.51. The van der Waals surface area contributed by atoms with E-state index in [0.29, 0.717) is 47.7 Å². The molecule has 7 heteroatoms. The molecule has 1 aliphatic rings. The second-order valence-corrected chi connectivity index (χ2v) is 5.52. The first-order valence-corrected chi connectivity index (χ1v) is 7.01. The lowest BCUT2D eigenvalue weighted by Gasteiger charge is -2.29. The molecule has 1 saturated heterocycles. The number of benzene rings is 1. The molecule has 2 rings (SSSR count). The van der Waals surface area contributed by atoms with Crippen molar-refractivity contribution in [3.8, 4) is 0 Å². The van der Waals surface area contributed by atoms with E-state index in [1.165, 1.54) is 0 Å². The largest absolute Gasteiger partial charge is 0.409 e. The molecule has 1 aliphatic heterocycles. The first-order valence-electron chi connectivity index (χ1n) is 6.26. The molecule has 1 aromatic rings. The van der Waals surface area contributed by atoms with E-state index in [1.807, 2.05) is 23.9 Å². The van der Waals surface area contributed by atoms with Crippen molar-refractivity contribution in [3.63, 3.8) is 0 Å². The monoisotopic (exact) mass is 317 g/mol. The molecule has 0 bridgehead atoms. The molecule has 0 spiro atoms. The lowest BCUT2D eigenvalue weighted by molar-refractivity contribution is 0.0668. The number of amidine groups is 1. The third-order valence-corrected chi connectivity index (χ3v) is 3.70. The Hall–Kier alpha value is -1.17. The van der Waals surface area contributed by atoms with Gasteiger partial charge in [-0.3, -0.25) is 0 Å². The molecule has 0 amide bonds. The summed E-state index contributed by atoms with van der Waals surface area (Å²) in [5.74, 6) is 0.461. The van der Waals surface area contributed by atoms with Gasteiger partial charge < -0.3 is 19.7 Å². The predicted molar refractivity (Wildman–Crippen MR) is 81.5 cm³/mol. The minimum Gasteiger partial charge on any atom is -0.409 e. The molecular weight excluding hydrogens is 301 g/mol. The van der Waals surface area contributed by atoms with Crippen LogP contribution in [-0.2, 0) is 4.74 Å². The number of oxime groups is 1. The van der Waals surface area contributed by atoms with Crippen LogP contribution in [0.3, 0.4) is 0 Å². The zero-order valence-electron chi connectivity index (χ0n) is 11.4. The van der Waals surface area contributed by atoms with Crippen LogP contribution in [0.15, 0.2) is 17.3 Å². The van der Waals surface area contributed by atoms with Gasteiger partial charge >= 0.3 is 0 Å². The van der Waals surface area contributed by atoms with Crippen molar-refractivity contribution in [3.05, 3.63) is 27.7 Å². The van der Waals surface area contributed by atoms with Crippen LogP contribution in [0.5, 0.6) is 0 Å². The standard InChI is InChI=1S/C13H17Cl2N3O2/c1-17(2)12-10(14)7-9(8-11(12)15)13(16-19)18-3-5-20-6-4-18/h7-8,19H,3-6H2,1-2H3. The van der Waals surface area contributed by atoms with E-state index >= 15 is 0 Å². The maximum atomic E-state index is 9.30. The maximum Gasteiger partial charge on any atom is 0.175 e. The molecule has 0 aliphatic carbocycles. The summed E-state index contributed by atoms with van der Waals surface area (Å²) < 4.78 is 5.29. The van der Waals surface area contributed by atoms with Crippen LogP contribution < -0.4 is 4.90 Å². The fraction of sp³-hybridized carbons (Fsp3) is 0.462. The van der Waals surface area contributed by atoms with Crippen molar-refractivity contribution in [2.75, 3.05) is 45.3 Å². The summed E-state index contributed by atoms with van der Waals surface area (Å²) >= 11 is 12.5. The Kier molecular flexibility index (Phi) is 4.96. The van der Waals surface area contributed by atoms with Gasteiger partial charge in [-0.25, -0.2) is 0 Å². The van der Waals surface area contributed by atoms with Crippen LogP contribution in [0.4, 0.5) is 5.69 Å². The lowest BCUT2D eigenvalue weighted by Crippen LogP contribution is -2.41. The summed E-state index contributed by atoms with van der Waals surface area (Å²) in [5.41, 5.74) is 1.44. The van der Waals surface area contributed by atoms with E-state index in [9.17, 15) is 5.21 Å². The fourth-order valence-corrected chi connectivity index (χ4v) is 3.03. The Morgan fingerprint density at radius 2 is 1.80 bits per heavy atom. The number of rotatable bonds is 2. The van der Waals surface area contributed by atoms with E-state index in [-0.39, 0.29) is 0 Å². The minimum absolute atomic E-state index is 0.461. The van der Waals surface area contributed by atoms with Crippen LogP contribution >= 0.6 is 23.2 Å². The first-order chi connectivity index (χ1) is 9.54. The van der Waals surface area contributed by atoms with Gasteiger partial charge in [0.25, 0.3) is 0 Å². The number of hydrogen-bond acceptors (Lipinski definition) is 4. The average molecular weight is 318 g/mol. The molecule has 20 heavy (non-hydrogen) atoms. The molecule has 5 nitrogen and oxygen atoms in total. The van der Waals surface area contributed by atoms with Crippen LogP contribution in [0, 0.1) is 0 Å². The second kappa shape index (κ2) is 6.52. The number of ether oxygens (including phenoxy) is 1. The van der Waals surface area contributed by atoms with Gasteiger partial charge in [0.15, 0.2) is 5.84 Å². The predicted octanol–water partition coefficient (Wildman–Crippen LogP) is 2.53. The molecule has 0 radical (unpaired) electrons. The van der Waals surface area contributed by atoms with Gasteiger partial charge in [0.05, 0.1) is 28.9 Å². The highest BCUT2D eigenvalue weighted by molar-refractivity contribution is 6.39. The zero-order chi connectivity index (χ0) is 14.7. The van der Waals surface area contributed by atoms with Crippen molar-refractivity contribution in [1.82, 2.24) is 4.90 Å². The molecule has 0 atom stereocenters. The highest BCUT2D eigenvalue weighted by Crippen LogP contribution is 2.34. The van der Waals surface area contributed by atoms with Gasteiger partial charge in [0, 0.05) is 32.7 Å². The summed E-state index contributed by atoms with van der Waals surface area (Å²) in [6.07, 6.45) is 0. The lowest BCUT2D eigenvalue weighted by atomic mass is 10.1. The number of hydrogen-bond donors (Lipinski definition) is 1. The molecule has 110 valence electrons. The fourth-order valence-electron chi connectivity index (χ4n) is 2.20. The van der Waals surface area contributed by atoms with Crippen molar-refractivity contribution >= 4 is 34.7 Å². The van der Waals surface area contributed by atoms with Gasteiger partial charge in [0.2, 0.25) is 0 Å². The van der Waals surface area contributed by atoms with E-state index in [1.54, 1.807) is 12.1 Å². The summed E-state index contributed by atoms with van der Waals surface area (Å²) in [7, 11) is 3.74. The molecule has 1 aromatic carbocycles. The van der Waals surface area contributed by atoms with Crippen molar-refractivity contribution < 1.29 is 9.94 Å². The van der Waals surface area contributed by atoms with Gasteiger partial charge in [0.1, 0.15) is 0 Å². The molecule has 1 fully saturated rings. The van der Waals surface area contributed by atoms with Gasteiger partial charge in [-0.15, -0.1) is 0 Å². The highest BCUT2D eigenvalue weighted by atomic mass is 35.5. The quantitative estimate of drug-likeness (QED) is 0.394. The smallest absolute Gasteiger partial charge is 0.175 e. The minimum atomic E-state index is 0.461. The van der Waals surface area contributed by atoms with E-state index in [4.69, 9.17) is 27.9 Å². The number of morpholine rings is 1. The first kappa shape index (κ1) is 15.2. The van der Waals surface area contributed by atoms with Crippen molar-refractivity contribution in [2.45, 2.75) is 0 Å². The van der Waals surface area contributed by atoms with Crippen LogP contribution in [0.25, 0.3) is 0 Å². The van der Waals surface area contributed by atoms with Gasteiger partial charge in [-0.05, 0) is 12.1 Å². The topological polar surface area (TPSA) is 48.3 Å². The Balaban J connectivity index is 2.36. The number of nitrogens with zero attached hydrogens (tertiary/aromatic N) is 3.